The number of nitrogens with two attached hydrogens (primary N) is 1. The van der Waals surface area contributed by atoms with Gasteiger partial charge in [-0.05, 0) is 36.7 Å². The second-order valence-electron chi connectivity index (χ2n) is 3.40. The quantitative estimate of drug-likeness (QED) is 0.745. The molecule has 0 amide bonds. The highest BCUT2D eigenvalue weighted by Gasteiger charge is 2.12. The molecule has 1 aromatic carbocycles. The van der Waals surface area contributed by atoms with Crippen molar-refractivity contribution < 1.29 is 9.84 Å². The van der Waals surface area contributed by atoms with E-state index in [1.54, 1.807) is 24.5 Å². The normalized spacial score (nSPS) is 14.2. The van der Waals surface area contributed by atoms with Gasteiger partial charge >= 0.3 is 0 Å². The van der Waals surface area contributed by atoms with Gasteiger partial charge in [0.2, 0.25) is 0 Å². The number of benzene rings is 1. The third-order valence-electron chi connectivity index (χ3n) is 2.28. The maximum atomic E-state index is 9.30. The molecule has 0 unspecified atom stereocenters. The van der Waals surface area contributed by atoms with E-state index in [0.29, 0.717) is 6.54 Å². The van der Waals surface area contributed by atoms with Crippen LogP contribution in [-0.4, -0.2) is 11.7 Å². The van der Waals surface area contributed by atoms with E-state index in [2.05, 4.69) is 0 Å². The zero-order chi connectivity index (χ0) is 9.97. The third-order valence-corrected chi connectivity index (χ3v) is 2.28. The van der Waals surface area contributed by atoms with Crippen LogP contribution in [0.3, 0.4) is 0 Å². The van der Waals surface area contributed by atoms with Gasteiger partial charge in [-0.15, -0.1) is 0 Å². The molecule has 0 saturated heterocycles. The smallest absolute Gasteiger partial charge is 0.130 e. The van der Waals surface area contributed by atoms with E-state index in [1.807, 2.05) is 0 Å². The molecule has 3 nitrogen and oxygen atoms in total. The lowest BCUT2D eigenvalue weighted by molar-refractivity contribution is 0.444. The monoisotopic (exact) mass is 191 g/mol. The summed E-state index contributed by atoms with van der Waals surface area (Å²) in [7, 11) is 0. The van der Waals surface area contributed by atoms with Crippen molar-refractivity contribution in [2.75, 3.05) is 6.54 Å². The Balaban J connectivity index is 2.22. The van der Waals surface area contributed by atoms with Crippen LogP contribution in [0.15, 0.2) is 30.0 Å². The Morgan fingerprint density at radius 1 is 1.43 bits per heavy atom. The molecule has 0 aromatic heterocycles. The van der Waals surface area contributed by atoms with Crippen molar-refractivity contribution >= 4 is 0 Å². The molecular weight excluding hydrogens is 178 g/mol. The molecule has 3 N–H and O–H groups in total. The van der Waals surface area contributed by atoms with Crippen LogP contribution in [0.2, 0.25) is 0 Å². The predicted molar refractivity (Wildman–Crippen MR) is 54.2 cm³/mol. The number of ether oxygens (including phenoxy) is 1. The number of phenols is 1. The van der Waals surface area contributed by atoms with Gasteiger partial charge in [0.25, 0.3) is 0 Å². The maximum Gasteiger partial charge on any atom is 0.130 e. The fourth-order valence-corrected chi connectivity index (χ4v) is 1.58. The number of hydrogen-bond donors (Lipinski definition) is 2. The number of phenolic OH excluding ortho intramolecular Hbond substituents is 1. The SMILES string of the molecule is NCCC1=COc2ccc(O)cc2C1. The molecule has 0 aliphatic carbocycles. The fraction of sp³-hybridized carbons (Fsp3) is 0.273. The molecule has 14 heavy (non-hydrogen) atoms. The molecule has 0 atom stereocenters. The van der Waals surface area contributed by atoms with Crippen LogP contribution in [0.4, 0.5) is 0 Å². The molecule has 0 radical (unpaired) electrons. The number of rotatable bonds is 2. The highest BCUT2D eigenvalue weighted by molar-refractivity contribution is 5.44. The predicted octanol–water partition coefficient (Wildman–Crippen LogP) is 1.56. The topological polar surface area (TPSA) is 55.5 Å². The standard InChI is InChI=1S/C11H13NO2/c12-4-3-8-5-9-6-10(13)1-2-11(9)14-7-8/h1-2,6-7,13H,3-5,12H2. The van der Waals surface area contributed by atoms with Crippen LogP contribution >= 0.6 is 0 Å². The van der Waals surface area contributed by atoms with Gasteiger partial charge in [-0.1, -0.05) is 0 Å². The van der Waals surface area contributed by atoms with Crippen LogP contribution in [0.25, 0.3) is 0 Å². The molecule has 0 spiro atoms. The molecule has 1 aliphatic rings. The second kappa shape index (κ2) is 3.72. The summed E-state index contributed by atoms with van der Waals surface area (Å²) >= 11 is 0. The first-order valence-corrected chi connectivity index (χ1v) is 4.66. The molecule has 2 rings (SSSR count). The van der Waals surface area contributed by atoms with Gasteiger partial charge in [0.05, 0.1) is 6.26 Å². The Hall–Kier alpha value is -1.48. The lowest BCUT2D eigenvalue weighted by atomic mass is 10.0. The summed E-state index contributed by atoms with van der Waals surface area (Å²) in [6.45, 7) is 0.628. The molecule has 0 fully saturated rings. The largest absolute Gasteiger partial charge is 0.508 e. The van der Waals surface area contributed by atoms with Crippen molar-refractivity contribution in [2.24, 2.45) is 5.73 Å². The maximum absolute atomic E-state index is 9.30. The number of fused-ring (bicyclic) bond motifs is 1. The Bertz CT molecular complexity index is 372. The van der Waals surface area contributed by atoms with Crippen molar-refractivity contribution in [3.8, 4) is 11.5 Å². The first-order chi connectivity index (χ1) is 6.79. The minimum Gasteiger partial charge on any atom is -0.508 e. The average molecular weight is 191 g/mol. The van der Waals surface area contributed by atoms with Crippen LogP contribution in [0, 0.1) is 0 Å². The molecule has 1 aliphatic heterocycles. The summed E-state index contributed by atoms with van der Waals surface area (Å²) in [5, 5.41) is 9.30. The van der Waals surface area contributed by atoms with Crippen molar-refractivity contribution in [1.82, 2.24) is 0 Å². The summed E-state index contributed by atoms with van der Waals surface area (Å²) in [5.41, 5.74) is 7.66. The van der Waals surface area contributed by atoms with Gasteiger partial charge in [-0.25, -0.2) is 0 Å². The molecule has 0 bridgehead atoms. The van der Waals surface area contributed by atoms with Crippen LogP contribution in [-0.2, 0) is 6.42 Å². The van der Waals surface area contributed by atoms with E-state index in [9.17, 15) is 5.11 Å². The molecule has 0 saturated carbocycles. The minimum atomic E-state index is 0.279. The Morgan fingerprint density at radius 3 is 3.07 bits per heavy atom. The van der Waals surface area contributed by atoms with E-state index in [4.69, 9.17) is 10.5 Å². The zero-order valence-electron chi connectivity index (χ0n) is 7.86. The van der Waals surface area contributed by atoms with E-state index in [-0.39, 0.29) is 5.75 Å². The number of aromatic hydroxyl groups is 1. The van der Waals surface area contributed by atoms with Crippen molar-refractivity contribution in [3.05, 3.63) is 35.6 Å². The van der Waals surface area contributed by atoms with Crippen molar-refractivity contribution in [2.45, 2.75) is 12.8 Å². The van der Waals surface area contributed by atoms with Gasteiger partial charge in [0, 0.05) is 12.0 Å². The summed E-state index contributed by atoms with van der Waals surface area (Å²) in [6, 6.07) is 5.14. The molecule has 1 aromatic rings. The summed E-state index contributed by atoms with van der Waals surface area (Å²) in [4.78, 5) is 0. The Kier molecular flexibility index (Phi) is 2.41. The van der Waals surface area contributed by atoms with Crippen molar-refractivity contribution in [1.29, 1.82) is 0 Å². The lowest BCUT2D eigenvalue weighted by Gasteiger charge is -2.16. The highest BCUT2D eigenvalue weighted by atomic mass is 16.5. The molecule has 74 valence electrons. The van der Waals surface area contributed by atoms with Crippen LogP contribution < -0.4 is 10.5 Å². The van der Waals surface area contributed by atoms with Gasteiger partial charge in [-0.3, -0.25) is 0 Å². The first-order valence-electron chi connectivity index (χ1n) is 4.66. The van der Waals surface area contributed by atoms with E-state index in [1.165, 1.54) is 5.57 Å². The van der Waals surface area contributed by atoms with Gasteiger partial charge in [-0.2, -0.15) is 0 Å². The minimum absolute atomic E-state index is 0.279. The third kappa shape index (κ3) is 1.72. The van der Waals surface area contributed by atoms with Gasteiger partial charge in [0.1, 0.15) is 11.5 Å². The summed E-state index contributed by atoms with van der Waals surface area (Å²) in [6.07, 6.45) is 3.42. The lowest BCUT2D eigenvalue weighted by Crippen LogP contribution is -2.07. The molecule has 3 heteroatoms. The average Bonchev–Trinajstić information content (AvgIpc) is 2.17. The van der Waals surface area contributed by atoms with Gasteiger partial charge < -0.3 is 15.6 Å². The van der Waals surface area contributed by atoms with E-state index in [0.717, 1.165) is 24.2 Å². The van der Waals surface area contributed by atoms with E-state index < -0.39 is 0 Å². The molecular formula is C11H13NO2. The summed E-state index contributed by atoms with van der Waals surface area (Å²) in [5.74, 6) is 1.10. The van der Waals surface area contributed by atoms with Crippen LogP contribution in [0.1, 0.15) is 12.0 Å². The Labute approximate surface area is 82.8 Å². The van der Waals surface area contributed by atoms with Crippen molar-refractivity contribution in [3.63, 3.8) is 0 Å². The van der Waals surface area contributed by atoms with Gasteiger partial charge in [0.15, 0.2) is 0 Å². The van der Waals surface area contributed by atoms with Crippen LogP contribution in [0.5, 0.6) is 11.5 Å². The summed E-state index contributed by atoms with van der Waals surface area (Å²) < 4.78 is 5.41. The second-order valence-corrected chi connectivity index (χ2v) is 3.40. The molecule has 1 heterocycles. The number of hydrogen-bond acceptors (Lipinski definition) is 3. The Morgan fingerprint density at radius 2 is 2.29 bits per heavy atom. The highest BCUT2D eigenvalue weighted by Crippen LogP contribution is 2.30. The van der Waals surface area contributed by atoms with E-state index >= 15 is 0 Å². The fourth-order valence-electron chi connectivity index (χ4n) is 1.58. The first kappa shape index (κ1) is 9.09. The zero-order valence-corrected chi connectivity index (χ0v) is 7.86.